The van der Waals surface area contributed by atoms with Gasteiger partial charge in [0, 0.05) is 12.4 Å². The van der Waals surface area contributed by atoms with Gasteiger partial charge < -0.3 is 9.63 Å². The van der Waals surface area contributed by atoms with Crippen molar-refractivity contribution in [1.29, 1.82) is 0 Å². The molecule has 9 nitrogen and oxygen atoms in total. The monoisotopic (exact) mass is 492 g/mol. The van der Waals surface area contributed by atoms with Crippen molar-refractivity contribution in [2.45, 2.75) is 89.5 Å². The first-order chi connectivity index (χ1) is 16.1. The zero-order valence-corrected chi connectivity index (χ0v) is 21.1. The predicted octanol–water partition coefficient (Wildman–Crippen LogP) is 4.52. The molecule has 2 atom stereocenters. The molecule has 2 aromatic heterocycles. The number of aromatic nitrogens is 3. The van der Waals surface area contributed by atoms with Crippen molar-refractivity contribution < 1.29 is 22.8 Å². The molecule has 10 heteroatoms. The fraction of sp³-hybridized carbons (Fsp3) is 0.667. The van der Waals surface area contributed by atoms with E-state index in [2.05, 4.69) is 19.8 Å². The van der Waals surface area contributed by atoms with Crippen LogP contribution in [-0.4, -0.2) is 34.6 Å². The third-order valence-corrected chi connectivity index (χ3v) is 8.01. The lowest BCUT2D eigenvalue weighted by molar-refractivity contribution is -0.147. The normalized spacial score (nSPS) is 17.4. The van der Waals surface area contributed by atoms with Crippen molar-refractivity contribution in [2.75, 3.05) is 0 Å². The SMILES string of the molecule is CC(C)(C)C(C(=O)O)[C@@H](CCCC1CCCCC1)c1nc(CNS(=O)(=O)c2cccnc2)no1. The van der Waals surface area contributed by atoms with Crippen molar-refractivity contribution in [3.63, 3.8) is 0 Å². The van der Waals surface area contributed by atoms with Gasteiger partial charge in [-0.2, -0.15) is 4.98 Å². The second-order valence-corrected chi connectivity index (χ2v) is 12.1. The second-order valence-electron chi connectivity index (χ2n) is 10.3. The molecule has 1 aliphatic rings. The summed E-state index contributed by atoms with van der Waals surface area (Å²) in [4.78, 5) is 20.5. The minimum Gasteiger partial charge on any atom is -0.481 e. The average molecular weight is 493 g/mol. The molecule has 2 heterocycles. The molecule has 1 saturated carbocycles. The van der Waals surface area contributed by atoms with E-state index in [0.29, 0.717) is 12.3 Å². The third kappa shape index (κ3) is 7.09. The Morgan fingerprint density at radius 1 is 1.26 bits per heavy atom. The van der Waals surface area contributed by atoms with Gasteiger partial charge in [0.25, 0.3) is 0 Å². The number of rotatable bonds is 11. The molecule has 0 spiro atoms. The summed E-state index contributed by atoms with van der Waals surface area (Å²) in [7, 11) is -3.78. The second kappa shape index (κ2) is 11.4. The van der Waals surface area contributed by atoms with Gasteiger partial charge in [-0.1, -0.05) is 70.9 Å². The topological polar surface area (TPSA) is 135 Å². The number of nitrogens with zero attached hydrogens (tertiary/aromatic N) is 3. The summed E-state index contributed by atoms with van der Waals surface area (Å²) >= 11 is 0. The average Bonchev–Trinajstić information content (AvgIpc) is 3.26. The lowest BCUT2D eigenvalue weighted by Gasteiger charge is -2.32. The zero-order valence-electron chi connectivity index (χ0n) is 20.2. The van der Waals surface area contributed by atoms with Crippen LogP contribution in [0.15, 0.2) is 33.9 Å². The van der Waals surface area contributed by atoms with Crippen molar-refractivity contribution in [3.8, 4) is 0 Å². The minimum atomic E-state index is -3.78. The quantitative estimate of drug-likeness (QED) is 0.467. The maximum absolute atomic E-state index is 12.5. The van der Waals surface area contributed by atoms with Gasteiger partial charge in [0.05, 0.1) is 18.4 Å². The highest BCUT2D eigenvalue weighted by molar-refractivity contribution is 7.89. The van der Waals surface area contributed by atoms with Gasteiger partial charge in [0.2, 0.25) is 15.9 Å². The lowest BCUT2D eigenvalue weighted by atomic mass is 9.71. The van der Waals surface area contributed by atoms with E-state index in [1.807, 2.05) is 20.8 Å². The van der Waals surface area contributed by atoms with E-state index in [1.54, 1.807) is 0 Å². The van der Waals surface area contributed by atoms with Crippen molar-refractivity contribution in [2.24, 2.45) is 17.3 Å². The summed E-state index contributed by atoms with van der Waals surface area (Å²) < 4.78 is 32.8. The number of hydrogen-bond acceptors (Lipinski definition) is 7. The molecular weight excluding hydrogens is 456 g/mol. The molecular formula is C24H36N4O5S. The maximum atomic E-state index is 12.5. The van der Waals surface area contributed by atoms with Crippen molar-refractivity contribution >= 4 is 16.0 Å². The number of pyridine rings is 1. The number of nitrogens with one attached hydrogen (secondary N) is 1. The first kappa shape index (κ1) is 26.3. The number of carboxylic acids is 1. The van der Waals surface area contributed by atoms with E-state index in [0.717, 1.165) is 12.8 Å². The van der Waals surface area contributed by atoms with Gasteiger partial charge in [0.15, 0.2) is 5.82 Å². The number of hydrogen-bond donors (Lipinski definition) is 2. The molecule has 0 radical (unpaired) electrons. The summed E-state index contributed by atoms with van der Waals surface area (Å²) in [5, 5.41) is 14.0. The van der Waals surface area contributed by atoms with Crippen LogP contribution in [-0.2, 0) is 21.4 Å². The Morgan fingerprint density at radius 2 is 2.00 bits per heavy atom. The van der Waals surface area contributed by atoms with Crippen LogP contribution in [0.4, 0.5) is 0 Å². The molecule has 0 bridgehead atoms. The van der Waals surface area contributed by atoms with Gasteiger partial charge in [-0.25, -0.2) is 13.1 Å². The van der Waals surface area contributed by atoms with Crippen LogP contribution in [0.25, 0.3) is 0 Å². The smallest absolute Gasteiger partial charge is 0.307 e. The van der Waals surface area contributed by atoms with Gasteiger partial charge in [-0.15, -0.1) is 0 Å². The lowest BCUT2D eigenvalue weighted by Crippen LogP contribution is -2.34. The Labute approximate surface area is 201 Å². The molecule has 0 amide bonds. The highest BCUT2D eigenvalue weighted by atomic mass is 32.2. The number of sulfonamides is 1. The molecule has 188 valence electrons. The van der Waals surface area contributed by atoms with Crippen LogP contribution in [0, 0.1) is 17.3 Å². The van der Waals surface area contributed by atoms with E-state index < -0.39 is 33.2 Å². The number of carboxylic acid groups (broad SMARTS) is 1. The Bertz CT molecular complexity index is 1030. The van der Waals surface area contributed by atoms with Crippen LogP contribution in [0.1, 0.15) is 89.8 Å². The van der Waals surface area contributed by atoms with Gasteiger partial charge >= 0.3 is 5.97 Å². The summed E-state index contributed by atoms with van der Waals surface area (Å²) in [5.74, 6) is -0.935. The highest BCUT2D eigenvalue weighted by Gasteiger charge is 2.41. The van der Waals surface area contributed by atoms with Crippen molar-refractivity contribution in [1.82, 2.24) is 19.8 Å². The Balaban J connectivity index is 1.73. The molecule has 0 aromatic carbocycles. The van der Waals surface area contributed by atoms with Crippen LogP contribution in [0.3, 0.4) is 0 Å². The molecule has 0 aliphatic heterocycles. The summed E-state index contributed by atoms with van der Waals surface area (Å²) in [6.45, 7) is 5.54. The standard InChI is InChI=1S/C24H36N4O5S/c1-24(2,3)21(23(29)30)19(13-7-11-17-9-5-4-6-10-17)22-27-20(28-33-22)16-26-34(31,32)18-12-8-14-25-15-18/h8,12,14-15,17,19,21,26H,4-7,9-11,13,16H2,1-3H3,(H,29,30)/t19-,21?/m1/s1. The molecule has 34 heavy (non-hydrogen) atoms. The molecule has 1 unspecified atom stereocenters. The molecule has 3 rings (SSSR count). The zero-order chi connectivity index (χ0) is 24.8. The predicted molar refractivity (Wildman–Crippen MR) is 126 cm³/mol. The van der Waals surface area contributed by atoms with E-state index in [-0.39, 0.29) is 23.2 Å². The van der Waals surface area contributed by atoms with Crippen LogP contribution in [0.2, 0.25) is 0 Å². The van der Waals surface area contributed by atoms with E-state index >= 15 is 0 Å². The van der Waals surface area contributed by atoms with Crippen LogP contribution in [0.5, 0.6) is 0 Å². The van der Waals surface area contributed by atoms with E-state index in [4.69, 9.17) is 4.52 Å². The Morgan fingerprint density at radius 3 is 2.62 bits per heavy atom. The largest absolute Gasteiger partial charge is 0.481 e. The molecule has 1 fully saturated rings. The van der Waals surface area contributed by atoms with Gasteiger partial charge in [-0.05, 0) is 29.9 Å². The number of carbonyl (C=O) groups is 1. The Hall–Kier alpha value is -2.33. The molecule has 2 N–H and O–H groups in total. The molecule has 0 saturated heterocycles. The highest BCUT2D eigenvalue weighted by Crippen LogP contribution is 2.41. The van der Waals surface area contributed by atoms with Crippen molar-refractivity contribution in [3.05, 3.63) is 36.2 Å². The summed E-state index contributed by atoms with van der Waals surface area (Å²) in [6.07, 6.45) is 11.7. The fourth-order valence-electron chi connectivity index (χ4n) is 4.92. The summed E-state index contributed by atoms with van der Waals surface area (Å²) in [6, 6.07) is 2.98. The van der Waals surface area contributed by atoms with Gasteiger partial charge in [0.1, 0.15) is 4.90 Å². The first-order valence-corrected chi connectivity index (χ1v) is 13.5. The number of aliphatic carboxylic acids is 1. The maximum Gasteiger partial charge on any atom is 0.307 e. The van der Waals surface area contributed by atoms with Crippen LogP contribution >= 0.6 is 0 Å². The fourth-order valence-corrected chi connectivity index (χ4v) is 5.86. The van der Waals surface area contributed by atoms with E-state index in [1.165, 1.54) is 56.6 Å². The first-order valence-electron chi connectivity index (χ1n) is 12.0. The Kier molecular flexibility index (Phi) is 8.81. The molecule has 1 aliphatic carbocycles. The third-order valence-electron chi connectivity index (χ3n) is 6.62. The summed E-state index contributed by atoms with van der Waals surface area (Å²) in [5.41, 5.74) is -0.516. The van der Waals surface area contributed by atoms with Gasteiger partial charge in [-0.3, -0.25) is 9.78 Å². The van der Waals surface area contributed by atoms with Crippen LogP contribution < -0.4 is 4.72 Å². The van der Waals surface area contributed by atoms with E-state index in [9.17, 15) is 18.3 Å². The molecule has 2 aromatic rings. The minimum absolute atomic E-state index is 0.0398.